The molecule has 0 fully saturated rings. The van der Waals surface area contributed by atoms with Gasteiger partial charge in [0.25, 0.3) is 0 Å². The van der Waals surface area contributed by atoms with Crippen LogP contribution < -0.4 is 26.6 Å². The van der Waals surface area contributed by atoms with Crippen molar-refractivity contribution < 1.29 is 45.0 Å². The van der Waals surface area contributed by atoms with Crippen LogP contribution in [0.1, 0.15) is 0 Å². The molecule has 5 N–H and O–H groups in total. The van der Waals surface area contributed by atoms with Crippen molar-refractivity contribution in [2.45, 2.75) is 0 Å². The molecule has 0 saturated heterocycles. The van der Waals surface area contributed by atoms with Gasteiger partial charge in [-0.25, -0.2) is 0 Å². The van der Waals surface area contributed by atoms with Gasteiger partial charge in [0, 0.05) is 0 Å². The van der Waals surface area contributed by atoms with Crippen molar-refractivity contribution in [1.29, 1.82) is 0 Å². The summed E-state index contributed by atoms with van der Waals surface area (Å²) >= 11 is 0. The Morgan fingerprint density at radius 3 is 0.800 bits per heavy atom. The number of carbonyl (C=O) groups is 3. The van der Waals surface area contributed by atoms with Crippen molar-refractivity contribution in [3.63, 3.8) is 0 Å². The van der Waals surface area contributed by atoms with Crippen LogP contribution in [0.3, 0.4) is 0 Å². The summed E-state index contributed by atoms with van der Waals surface area (Å²) in [4.78, 5) is 25.2. The summed E-state index contributed by atoms with van der Waals surface area (Å²) in [5.74, 6) is 0. The Labute approximate surface area is 129 Å². The summed E-state index contributed by atoms with van der Waals surface area (Å²) in [6, 6.07) is 0. The third-order valence-corrected chi connectivity index (χ3v) is 0. The van der Waals surface area contributed by atoms with Gasteiger partial charge in [-0.2, -0.15) is 0 Å². The maximum absolute atomic E-state index is 8.44. The summed E-state index contributed by atoms with van der Waals surface area (Å²) in [5, 5.41) is 47.3. The number of carboxylic acid groups (broad SMARTS) is 6. The van der Waals surface area contributed by atoms with Gasteiger partial charge in [-0.1, -0.05) is 0 Å². The molecule has 0 heterocycles. The van der Waals surface area contributed by atoms with E-state index in [1.165, 1.54) is 0 Å². The van der Waals surface area contributed by atoms with Crippen LogP contribution in [0.25, 0.3) is 0 Å². The predicted molar refractivity (Wildman–Crippen MR) is 38.0 cm³/mol. The zero-order valence-electron chi connectivity index (χ0n) is 7.37. The van der Waals surface area contributed by atoms with Gasteiger partial charge < -0.3 is 51.2 Å². The van der Waals surface area contributed by atoms with Gasteiger partial charge in [0.05, 0.1) is 0 Å². The number of rotatable bonds is 0. The van der Waals surface area contributed by atoms with Gasteiger partial charge in [-0.15, -0.1) is 0 Å². The van der Waals surface area contributed by atoms with Crippen molar-refractivity contribution in [2.75, 3.05) is 0 Å². The molecule has 0 aliphatic rings. The smallest absolute Gasteiger partial charge is 0.652 e. The van der Waals surface area contributed by atoms with Crippen molar-refractivity contribution >= 4 is 79.3 Å². The number of hydrogen-bond donors (Lipinski definition) is 3. The van der Waals surface area contributed by atoms with E-state index in [0.717, 1.165) is 0 Å². The minimum absolute atomic E-state index is 0. The van der Waals surface area contributed by atoms with E-state index >= 15 is 0 Å². The fourth-order valence-electron chi connectivity index (χ4n) is 0. The molecule has 0 aromatic rings. The molecule has 0 spiro atoms. The van der Waals surface area contributed by atoms with Gasteiger partial charge in [-0.05, 0) is 6.16 Å². The molecular weight excluding hydrogens is 258 g/mol. The molecular formula is C3H5CaMgNO9. The molecule has 12 heteroatoms. The SMILES string of the molecule is N.O=C([O-])O.O=C([O-])O.O=C([O-])[O-].[Ca+2].[Mg+2]. The van der Waals surface area contributed by atoms with E-state index in [-0.39, 0.29) is 66.9 Å². The molecule has 0 atom stereocenters. The van der Waals surface area contributed by atoms with Crippen LogP contribution >= 0.6 is 0 Å². The first-order valence-electron chi connectivity index (χ1n) is 1.88. The van der Waals surface area contributed by atoms with Crippen molar-refractivity contribution in [2.24, 2.45) is 0 Å². The Kier molecular flexibility index (Phi) is 70.8. The van der Waals surface area contributed by atoms with Crippen LogP contribution in [0.2, 0.25) is 0 Å². The fourth-order valence-corrected chi connectivity index (χ4v) is 0. The molecule has 0 radical (unpaired) electrons. The standard InChI is InChI=1S/3CH2O3.Ca.Mg.H3N/c3*2-1(3)4;;;/h3*(H2,2,3,4);;;1H3/q;;;2*+2;/p-4. The Bertz CT molecular complexity index is 123. The Hall–Kier alpha value is -0.204. The molecule has 0 aromatic heterocycles. The molecule has 0 aliphatic heterocycles. The molecule has 0 aromatic carbocycles. The molecule has 0 unspecified atom stereocenters. The van der Waals surface area contributed by atoms with Gasteiger partial charge >= 0.3 is 60.8 Å². The number of hydrogen-bond acceptors (Lipinski definition) is 8. The van der Waals surface area contributed by atoms with Gasteiger partial charge in [-0.3, -0.25) is 0 Å². The topological polar surface area (TPSA) is 219 Å². The van der Waals surface area contributed by atoms with Crippen LogP contribution in [0.4, 0.5) is 14.4 Å². The van der Waals surface area contributed by atoms with E-state index in [9.17, 15) is 0 Å². The van der Waals surface area contributed by atoms with Crippen LogP contribution in [-0.4, -0.2) is 89.5 Å². The summed E-state index contributed by atoms with van der Waals surface area (Å²) in [6.45, 7) is 0. The maximum Gasteiger partial charge on any atom is 2.00 e. The normalized spacial score (nSPS) is 4.80. The minimum Gasteiger partial charge on any atom is -0.652 e. The van der Waals surface area contributed by atoms with E-state index in [1.54, 1.807) is 0 Å². The largest absolute Gasteiger partial charge is 2.00 e. The Balaban J connectivity index is -0.0000000184. The first kappa shape index (κ1) is 36.4. The van der Waals surface area contributed by atoms with Gasteiger partial charge in [0.1, 0.15) is 0 Å². The van der Waals surface area contributed by atoms with E-state index in [1.807, 2.05) is 0 Å². The fraction of sp³-hybridized carbons (Fsp3) is 0. The third-order valence-electron chi connectivity index (χ3n) is 0. The molecule has 0 bridgehead atoms. The molecule has 15 heavy (non-hydrogen) atoms. The van der Waals surface area contributed by atoms with E-state index in [2.05, 4.69) is 0 Å². The van der Waals surface area contributed by atoms with Crippen molar-refractivity contribution in [3.05, 3.63) is 0 Å². The van der Waals surface area contributed by atoms with Crippen LogP contribution in [0.5, 0.6) is 0 Å². The Morgan fingerprint density at radius 2 is 0.800 bits per heavy atom. The summed E-state index contributed by atoms with van der Waals surface area (Å²) in [7, 11) is 0. The van der Waals surface area contributed by atoms with Gasteiger partial charge in [0.2, 0.25) is 12.3 Å². The average Bonchev–Trinajstić information content (AvgIpc) is 1.54. The van der Waals surface area contributed by atoms with Gasteiger partial charge in [0.15, 0.2) is 0 Å². The molecule has 0 amide bonds. The quantitative estimate of drug-likeness (QED) is 0.352. The second-order valence-corrected chi connectivity index (χ2v) is 0.782. The zero-order chi connectivity index (χ0) is 10.7. The first-order valence-corrected chi connectivity index (χ1v) is 1.88. The molecule has 10 nitrogen and oxygen atoms in total. The second-order valence-electron chi connectivity index (χ2n) is 0.782. The maximum atomic E-state index is 8.44. The first-order chi connectivity index (χ1) is 5.20. The number of carbonyl (C=O) groups excluding carboxylic acids is 1. The van der Waals surface area contributed by atoms with E-state index in [0.29, 0.717) is 0 Å². The molecule has 0 saturated carbocycles. The van der Waals surface area contributed by atoms with Crippen LogP contribution in [0, 0.1) is 0 Å². The Morgan fingerprint density at radius 1 is 0.800 bits per heavy atom. The van der Waals surface area contributed by atoms with Crippen molar-refractivity contribution in [1.82, 2.24) is 6.15 Å². The summed E-state index contributed by atoms with van der Waals surface area (Å²) < 4.78 is 0. The monoisotopic (exact) mass is 263 g/mol. The predicted octanol–water partition coefficient (Wildman–Crippen LogP) is -5.27. The summed E-state index contributed by atoms with van der Waals surface area (Å²) in [6.07, 6.45) is -6.50. The van der Waals surface area contributed by atoms with Crippen LogP contribution in [-0.2, 0) is 0 Å². The average molecular weight is 263 g/mol. The minimum atomic E-state index is -2.33. The summed E-state index contributed by atoms with van der Waals surface area (Å²) in [5.41, 5.74) is 0. The zero-order valence-corrected chi connectivity index (χ0v) is 11.0. The molecule has 0 rings (SSSR count). The molecule has 80 valence electrons. The van der Waals surface area contributed by atoms with Crippen molar-refractivity contribution in [3.8, 4) is 0 Å². The molecule has 0 aliphatic carbocycles. The van der Waals surface area contributed by atoms with E-state index in [4.69, 9.17) is 45.0 Å². The van der Waals surface area contributed by atoms with Crippen LogP contribution in [0.15, 0.2) is 0 Å². The van der Waals surface area contributed by atoms with E-state index < -0.39 is 18.5 Å². The second kappa shape index (κ2) is 29.2. The third kappa shape index (κ3) is 46100.